The van der Waals surface area contributed by atoms with Crippen molar-refractivity contribution in [1.29, 1.82) is 0 Å². The van der Waals surface area contributed by atoms with Crippen LogP contribution in [0.5, 0.6) is 0 Å². The van der Waals surface area contributed by atoms with Gasteiger partial charge in [0.2, 0.25) is 5.91 Å². The summed E-state index contributed by atoms with van der Waals surface area (Å²) >= 11 is 0. The minimum Gasteiger partial charge on any atom is -0.352 e. The monoisotopic (exact) mass is 212 g/mol. The second-order valence-electron chi connectivity index (χ2n) is 5.14. The molecule has 0 aromatic carbocycles. The molecule has 0 heterocycles. The van der Waals surface area contributed by atoms with Crippen LogP contribution >= 0.6 is 0 Å². The van der Waals surface area contributed by atoms with Crippen LogP contribution in [0.25, 0.3) is 0 Å². The van der Waals surface area contributed by atoms with Gasteiger partial charge in [0.1, 0.15) is 0 Å². The standard InChI is InChI=1S/C12H24N2O/c1-4-5-9-7-11(9)14-12(15)10(13)6-8(2)3/h8-11H,4-7,13H2,1-3H3,(H,14,15)/t9?,10-,11?/m0/s1. The molecule has 3 atom stereocenters. The SMILES string of the molecule is CCCC1CC1NC(=O)[C@@H](N)CC(C)C. The molecule has 1 fully saturated rings. The van der Waals surface area contributed by atoms with Gasteiger partial charge >= 0.3 is 0 Å². The number of hydrogen-bond donors (Lipinski definition) is 2. The van der Waals surface area contributed by atoms with E-state index in [4.69, 9.17) is 5.73 Å². The predicted octanol–water partition coefficient (Wildman–Crippen LogP) is 1.66. The second kappa shape index (κ2) is 5.50. The normalized spacial score (nSPS) is 26.5. The van der Waals surface area contributed by atoms with E-state index in [9.17, 15) is 4.79 Å². The van der Waals surface area contributed by atoms with E-state index in [0.717, 1.165) is 12.8 Å². The van der Waals surface area contributed by atoms with Crippen LogP contribution in [0.2, 0.25) is 0 Å². The van der Waals surface area contributed by atoms with Gasteiger partial charge in [0.25, 0.3) is 0 Å². The highest BCUT2D eigenvalue weighted by Gasteiger charge is 2.37. The van der Waals surface area contributed by atoms with E-state index in [1.807, 2.05) is 0 Å². The van der Waals surface area contributed by atoms with Crippen molar-refractivity contribution in [2.45, 2.75) is 58.5 Å². The van der Waals surface area contributed by atoms with E-state index in [1.165, 1.54) is 12.8 Å². The molecule has 1 rings (SSSR count). The molecule has 3 N–H and O–H groups in total. The van der Waals surface area contributed by atoms with Gasteiger partial charge in [-0.25, -0.2) is 0 Å². The third kappa shape index (κ3) is 4.20. The van der Waals surface area contributed by atoms with E-state index >= 15 is 0 Å². The van der Waals surface area contributed by atoms with Crippen LogP contribution in [0.4, 0.5) is 0 Å². The quantitative estimate of drug-likeness (QED) is 0.703. The zero-order chi connectivity index (χ0) is 11.4. The number of rotatable bonds is 6. The Hall–Kier alpha value is -0.570. The van der Waals surface area contributed by atoms with E-state index in [1.54, 1.807) is 0 Å². The Kier molecular flexibility index (Phi) is 4.58. The van der Waals surface area contributed by atoms with Crippen molar-refractivity contribution in [1.82, 2.24) is 5.32 Å². The lowest BCUT2D eigenvalue weighted by Gasteiger charge is -2.14. The molecule has 0 spiro atoms. The first-order valence-corrected chi connectivity index (χ1v) is 6.10. The van der Waals surface area contributed by atoms with Gasteiger partial charge in [0, 0.05) is 6.04 Å². The van der Waals surface area contributed by atoms with Crippen molar-refractivity contribution in [3.63, 3.8) is 0 Å². The summed E-state index contributed by atoms with van der Waals surface area (Å²) in [6, 6.07) is 0.0866. The van der Waals surface area contributed by atoms with Crippen LogP contribution in [-0.2, 0) is 4.79 Å². The Labute approximate surface area is 92.8 Å². The van der Waals surface area contributed by atoms with Gasteiger partial charge in [-0.15, -0.1) is 0 Å². The first-order chi connectivity index (χ1) is 7.04. The summed E-state index contributed by atoms with van der Waals surface area (Å²) in [4.78, 5) is 11.6. The molecule has 1 amide bonds. The maximum Gasteiger partial charge on any atom is 0.237 e. The van der Waals surface area contributed by atoms with Gasteiger partial charge in [-0.2, -0.15) is 0 Å². The number of carbonyl (C=O) groups is 1. The fourth-order valence-corrected chi connectivity index (χ4v) is 2.02. The highest BCUT2D eigenvalue weighted by Crippen LogP contribution is 2.34. The van der Waals surface area contributed by atoms with Gasteiger partial charge in [-0.1, -0.05) is 27.2 Å². The molecule has 0 saturated heterocycles. The fourth-order valence-electron chi connectivity index (χ4n) is 2.02. The summed E-state index contributed by atoms with van der Waals surface area (Å²) in [5.41, 5.74) is 5.80. The average molecular weight is 212 g/mol. The van der Waals surface area contributed by atoms with E-state index in [0.29, 0.717) is 17.9 Å². The molecule has 15 heavy (non-hydrogen) atoms. The summed E-state index contributed by atoms with van der Waals surface area (Å²) in [6.07, 6.45) is 4.35. The second-order valence-corrected chi connectivity index (χ2v) is 5.14. The van der Waals surface area contributed by atoms with Crippen molar-refractivity contribution < 1.29 is 4.79 Å². The van der Waals surface area contributed by atoms with Crippen LogP contribution in [0.1, 0.15) is 46.5 Å². The Morgan fingerprint density at radius 1 is 1.53 bits per heavy atom. The first-order valence-electron chi connectivity index (χ1n) is 6.10. The van der Waals surface area contributed by atoms with Crippen molar-refractivity contribution in [2.24, 2.45) is 17.6 Å². The molecule has 0 bridgehead atoms. The molecule has 3 heteroatoms. The molecule has 3 nitrogen and oxygen atoms in total. The molecule has 0 radical (unpaired) electrons. The maximum atomic E-state index is 11.6. The molecule has 0 aliphatic heterocycles. The first kappa shape index (κ1) is 12.5. The molecular weight excluding hydrogens is 188 g/mol. The summed E-state index contributed by atoms with van der Waals surface area (Å²) in [5, 5.41) is 3.03. The highest BCUT2D eigenvalue weighted by atomic mass is 16.2. The van der Waals surface area contributed by atoms with E-state index < -0.39 is 0 Å². The van der Waals surface area contributed by atoms with Gasteiger partial charge in [0.05, 0.1) is 6.04 Å². The molecule has 0 aromatic heterocycles. The van der Waals surface area contributed by atoms with Crippen molar-refractivity contribution in [2.75, 3.05) is 0 Å². The Morgan fingerprint density at radius 2 is 2.20 bits per heavy atom. The summed E-state index contributed by atoms with van der Waals surface area (Å²) in [6.45, 7) is 6.36. The molecule has 88 valence electrons. The van der Waals surface area contributed by atoms with Crippen molar-refractivity contribution in [3.05, 3.63) is 0 Å². The zero-order valence-corrected chi connectivity index (χ0v) is 10.1. The Bertz CT molecular complexity index is 216. The minimum atomic E-state index is -0.326. The van der Waals surface area contributed by atoms with Crippen LogP contribution in [0, 0.1) is 11.8 Å². The molecule has 2 unspecified atom stereocenters. The predicted molar refractivity (Wildman–Crippen MR) is 62.4 cm³/mol. The summed E-state index contributed by atoms with van der Waals surface area (Å²) < 4.78 is 0. The Balaban J connectivity index is 2.19. The molecule has 0 aromatic rings. The summed E-state index contributed by atoms with van der Waals surface area (Å²) in [5.74, 6) is 1.23. The Morgan fingerprint density at radius 3 is 2.73 bits per heavy atom. The molecule has 1 saturated carbocycles. The zero-order valence-electron chi connectivity index (χ0n) is 10.1. The van der Waals surface area contributed by atoms with Gasteiger partial charge < -0.3 is 11.1 Å². The van der Waals surface area contributed by atoms with Crippen molar-refractivity contribution >= 4 is 5.91 Å². The lowest BCUT2D eigenvalue weighted by atomic mass is 10.0. The number of nitrogens with one attached hydrogen (secondary N) is 1. The van der Waals surface area contributed by atoms with E-state index in [-0.39, 0.29) is 11.9 Å². The third-order valence-corrected chi connectivity index (χ3v) is 2.97. The van der Waals surface area contributed by atoms with Crippen molar-refractivity contribution in [3.8, 4) is 0 Å². The number of carbonyl (C=O) groups excluding carboxylic acids is 1. The van der Waals surface area contributed by atoms with Crippen LogP contribution in [0.3, 0.4) is 0 Å². The minimum absolute atomic E-state index is 0.0345. The smallest absolute Gasteiger partial charge is 0.237 e. The lowest BCUT2D eigenvalue weighted by Crippen LogP contribution is -2.42. The summed E-state index contributed by atoms with van der Waals surface area (Å²) in [7, 11) is 0. The van der Waals surface area contributed by atoms with Gasteiger partial charge in [0.15, 0.2) is 0 Å². The van der Waals surface area contributed by atoms with Crippen LogP contribution in [0.15, 0.2) is 0 Å². The topological polar surface area (TPSA) is 55.1 Å². The number of hydrogen-bond acceptors (Lipinski definition) is 2. The number of amides is 1. The molecular formula is C12H24N2O. The largest absolute Gasteiger partial charge is 0.352 e. The fraction of sp³-hybridized carbons (Fsp3) is 0.917. The lowest BCUT2D eigenvalue weighted by molar-refractivity contribution is -0.122. The third-order valence-electron chi connectivity index (χ3n) is 2.97. The molecule has 1 aliphatic rings. The van der Waals surface area contributed by atoms with Crippen LogP contribution < -0.4 is 11.1 Å². The highest BCUT2D eigenvalue weighted by molar-refractivity contribution is 5.82. The van der Waals surface area contributed by atoms with Gasteiger partial charge in [-0.3, -0.25) is 4.79 Å². The van der Waals surface area contributed by atoms with E-state index in [2.05, 4.69) is 26.1 Å². The average Bonchev–Trinajstić information content (AvgIpc) is 2.83. The number of nitrogens with two attached hydrogens (primary N) is 1. The van der Waals surface area contributed by atoms with Gasteiger partial charge in [-0.05, 0) is 31.1 Å². The molecule has 1 aliphatic carbocycles. The maximum absolute atomic E-state index is 11.6. The van der Waals surface area contributed by atoms with Crippen LogP contribution in [-0.4, -0.2) is 18.0 Å².